The van der Waals surface area contributed by atoms with Crippen LogP contribution in [0.25, 0.3) is 0 Å². The number of Topliss-reactive ketones (excluding diaryl/α,β-unsaturated/α-hetero) is 1. The topological polar surface area (TPSA) is 207 Å². The maximum atomic E-state index is 15.6. The first-order chi connectivity index (χ1) is 26.5. The van der Waals surface area contributed by atoms with Gasteiger partial charge in [0.1, 0.15) is 5.82 Å². The van der Waals surface area contributed by atoms with Crippen molar-refractivity contribution < 1.29 is 33.5 Å². The lowest BCUT2D eigenvalue weighted by Crippen LogP contribution is -2.57. The molecule has 2 aromatic carbocycles. The van der Waals surface area contributed by atoms with E-state index in [1.54, 1.807) is 29.2 Å². The SMILES string of the molecule is NC(=O)c1nnc(N2CCC[C@@H](O)C2)nc1Nc1ccc(C2CCN(CC3CCN(c4ccc5c(c4)C(=O)N(C4C(=O)CCNC4=O)C5=O)C3)CC2)c(F)c1. The number of ketones is 1. The zero-order valence-corrected chi connectivity index (χ0v) is 30.2. The van der Waals surface area contributed by atoms with Gasteiger partial charge in [-0.2, -0.15) is 4.98 Å². The molecule has 0 saturated carbocycles. The van der Waals surface area contributed by atoms with Crippen molar-refractivity contribution in [1.29, 1.82) is 0 Å². The molecular formula is C38H43FN10O6. The monoisotopic (exact) mass is 754 g/mol. The number of amides is 4. The summed E-state index contributed by atoms with van der Waals surface area (Å²) < 4.78 is 15.6. The molecule has 0 bridgehead atoms. The summed E-state index contributed by atoms with van der Waals surface area (Å²) in [5, 5.41) is 23.7. The lowest BCUT2D eigenvalue weighted by atomic mass is 9.88. The van der Waals surface area contributed by atoms with Crippen molar-refractivity contribution in [3.8, 4) is 0 Å². The van der Waals surface area contributed by atoms with E-state index in [1.165, 1.54) is 6.07 Å². The first-order valence-electron chi connectivity index (χ1n) is 18.9. The minimum absolute atomic E-state index is 0.0469. The summed E-state index contributed by atoms with van der Waals surface area (Å²) in [4.78, 5) is 75.1. The first kappa shape index (κ1) is 36.4. The van der Waals surface area contributed by atoms with Crippen LogP contribution in [0.15, 0.2) is 36.4 Å². The van der Waals surface area contributed by atoms with Gasteiger partial charge in [0.15, 0.2) is 23.3 Å². The quantitative estimate of drug-likeness (QED) is 0.181. The van der Waals surface area contributed by atoms with Crippen molar-refractivity contribution in [1.82, 2.24) is 30.3 Å². The lowest BCUT2D eigenvalue weighted by Gasteiger charge is -2.34. The Balaban J connectivity index is 0.856. The third-order valence-corrected chi connectivity index (χ3v) is 11.4. The van der Waals surface area contributed by atoms with Crippen LogP contribution in [0, 0.1) is 11.7 Å². The summed E-state index contributed by atoms with van der Waals surface area (Å²) in [5.74, 6) is -2.75. The van der Waals surface area contributed by atoms with E-state index in [-0.39, 0.29) is 53.3 Å². The molecule has 1 aromatic heterocycles. The number of carbonyl (C=O) groups is 5. The third-order valence-electron chi connectivity index (χ3n) is 11.4. The second-order valence-corrected chi connectivity index (χ2v) is 15.1. The number of likely N-dealkylation sites (tertiary alicyclic amines) is 1. The van der Waals surface area contributed by atoms with Crippen LogP contribution >= 0.6 is 0 Å². The number of fused-ring (bicyclic) bond motifs is 1. The van der Waals surface area contributed by atoms with Crippen LogP contribution in [-0.4, -0.2) is 124 Å². The van der Waals surface area contributed by atoms with Gasteiger partial charge in [-0.1, -0.05) is 6.07 Å². The normalized spacial score (nSPS) is 23.7. The molecule has 17 heteroatoms. The van der Waals surface area contributed by atoms with Gasteiger partial charge in [0, 0.05) is 57.1 Å². The molecule has 6 heterocycles. The number of imide groups is 1. The minimum atomic E-state index is -1.43. The van der Waals surface area contributed by atoms with E-state index in [2.05, 4.69) is 35.6 Å². The van der Waals surface area contributed by atoms with Gasteiger partial charge in [-0.25, -0.2) is 4.39 Å². The summed E-state index contributed by atoms with van der Waals surface area (Å²) in [7, 11) is 0. The molecule has 5 aliphatic heterocycles. The van der Waals surface area contributed by atoms with Crippen molar-refractivity contribution in [3.05, 3.63) is 64.6 Å². The van der Waals surface area contributed by atoms with Gasteiger partial charge in [-0.15, -0.1) is 10.2 Å². The number of hydrogen-bond acceptors (Lipinski definition) is 13. The van der Waals surface area contributed by atoms with Gasteiger partial charge in [-0.3, -0.25) is 28.9 Å². The molecule has 0 spiro atoms. The molecule has 0 radical (unpaired) electrons. The number of nitrogens with one attached hydrogen (secondary N) is 2. The number of hydrogen-bond donors (Lipinski definition) is 4. The average molecular weight is 755 g/mol. The average Bonchev–Trinajstić information content (AvgIpc) is 3.73. The predicted octanol–water partition coefficient (Wildman–Crippen LogP) is 1.57. The van der Waals surface area contributed by atoms with Gasteiger partial charge in [0.25, 0.3) is 23.6 Å². The van der Waals surface area contributed by atoms with Crippen LogP contribution < -0.4 is 26.2 Å². The number of carbonyl (C=O) groups excluding carboxylic acids is 5. The number of aliphatic hydroxyl groups excluding tert-OH is 1. The Morgan fingerprint density at radius 3 is 2.47 bits per heavy atom. The molecule has 0 aliphatic carbocycles. The van der Waals surface area contributed by atoms with Crippen molar-refractivity contribution in [2.24, 2.45) is 11.7 Å². The number of aliphatic hydroxyl groups is 1. The highest BCUT2D eigenvalue weighted by Gasteiger charge is 2.47. The molecule has 2 unspecified atom stereocenters. The first-order valence-corrected chi connectivity index (χ1v) is 18.9. The fourth-order valence-electron chi connectivity index (χ4n) is 8.55. The number of rotatable bonds is 9. The van der Waals surface area contributed by atoms with Gasteiger partial charge in [0.2, 0.25) is 5.95 Å². The van der Waals surface area contributed by atoms with E-state index in [9.17, 15) is 29.1 Å². The van der Waals surface area contributed by atoms with Crippen LogP contribution in [0.2, 0.25) is 0 Å². The number of nitrogens with two attached hydrogens (primary N) is 1. The van der Waals surface area contributed by atoms with E-state index >= 15 is 4.39 Å². The Morgan fingerprint density at radius 1 is 0.927 bits per heavy atom. The predicted molar refractivity (Wildman–Crippen MR) is 198 cm³/mol. The van der Waals surface area contributed by atoms with Crippen LogP contribution in [0.4, 0.5) is 27.5 Å². The Bertz CT molecular complexity index is 2040. The Kier molecular flexibility index (Phi) is 9.89. The van der Waals surface area contributed by atoms with Crippen molar-refractivity contribution in [2.75, 3.05) is 67.5 Å². The summed E-state index contributed by atoms with van der Waals surface area (Å²) in [6.07, 6.45) is 3.55. The number of primary amides is 1. The number of halogens is 1. The fraction of sp³-hybridized carbons (Fsp3) is 0.474. The van der Waals surface area contributed by atoms with Gasteiger partial charge in [-0.05, 0) is 92.9 Å². The number of aromatic nitrogens is 3. The Labute approximate surface area is 316 Å². The molecule has 3 atom stereocenters. The molecule has 8 rings (SSSR count). The highest BCUT2D eigenvalue weighted by atomic mass is 19.1. The zero-order valence-electron chi connectivity index (χ0n) is 30.2. The number of anilines is 4. The number of β-amino-alcohol motifs (C(OH)–C–C–N with tert-alkyl or cyclic N) is 1. The molecule has 4 saturated heterocycles. The number of piperidine rings is 3. The standard InChI is InChI=1S/C38H43FN10O6/c39-29-16-23(42-34-31(33(40)52)44-45-38(43-34)48-12-1-2-25(50)20-48)3-5-26(29)22-9-13-46(14-10-22)18-21-8-15-47(19-21)24-4-6-27-28(17-24)37(55)49(36(27)54)32-30(51)7-11-41-35(32)53/h3-6,16-17,21-22,25,32,50H,1-2,7-15,18-20H2,(H2,40,52)(H,41,53)(H,42,43,45)/t21?,25-,32?/m1/s1. The van der Waals surface area contributed by atoms with Crippen LogP contribution in [0.5, 0.6) is 0 Å². The van der Waals surface area contributed by atoms with Crippen molar-refractivity contribution in [2.45, 2.75) is 56.6 Å². The third kappa shape index (κ3) is 7.21. The smallest absolute Gasteiger partial charge is 0.273 e. The summed E-state index contributed by atoms with van der Waals surface area (Å²) in [6, 6.07) is 8.60. The van der Waals surface area contributed by atoms with Crippen LogP contribution in [0.3, 0.4) is 0 Å². The maximum absolute atomic E-state index is 15.6. The molecule has 4 fully saturated rings. The van der Waals surface area contributed by atoms with Crippen LogP contribution in [0.1, 0.15) is 81.2 Å². The molecule has 55 heavy (non-hydrogen) atoms. The Hall–Kier alpha value is -5.55. The largest absolute Gasteiger partial charge is 0.391 e. The second kappa shape index (κ2) is 14.9. The van der Waals surface area contributed by atoms with E-state index in [0.717, 1.165) is 69.0 Å². The zero-order chi connectivity index (χ0) is 38.4. The molecule has 4 amide bonds. The number of benzene rings is 2. The second-order valence-electron chi connectivity index (χ2n) is 15.1. The molecule has 5 aliphatic rings. The molecular weight excluding hydrogens is 711 g/mol. The Morgan fingerprint density at radius 2 is 1.73 bits per heavy atom. The summed E-state index contributed by atoms with van der Waals surface area (Å²) in [6.45, 7) is 5.26. The van der Waals surface area contributed by atoms with Gasteiger partial charge >= 0.3 is 0 Å². The number of nitrogens with zero attached hydrogens (tertiary/aromatic N) is 7. The molecule has 5 N–H and O–H groups in total. The van der Waals surface area contributed by atoms with E-state index in [4.69, 9.17) is 5.73 Å². The fourth-order valence-corrected chi connectivity index (χ4v) is 8.55. The van der Waals surface area contributed by atoms with Gasteiger partial charge in [0.05, 0.1) is 17.2 Å². The maximum Gasteiger partial charge on any atom is 0.273 e. The summed E-state index contributed by atoms with van der Waals surface area (Å²) >= 11 is 0. The summed E-state index contributed by atoms with van der Waals surface area (Å²) in [5.41, 5.74) is 7.61. The highest BCUT2D eigenvalue weighted by Crippen LogP contribution is 2.35. The van der Waals surface area contributed by atoms with Crippen molar-refractivity contribution in [3.63, 3.8) is 0 Å². The molecule has 16 nitrogen and oxygen atoms in total. The highest BCUT2D eigenvalue weighted by molar-refractivity contribution is 6.26. The van der Waals surface area contributed by atoms with Crippen molar-refractivity contribution >= 4 is 52.6 Å². The minimum Gasteiger partial charge on any atom is -0.391 e. The van der Waals surface area contributed by atoms with Gasteiger partial charge < -0.3 is 36.2 Å². The molecule has 288 valence electrons. The van der Waals surface area contributed by atoms with Crippen LogP contribution in [-0.2, 0) is 9.59 Å². The van der Waals surface area contributed by atoms with E-state index in [0.29, 0.717) is 36.7 Å². The molecule has 3 aromatic rings. The lowest BCUT2D eigenvalue weighted by molar-refractivity contribution is -0.136. The van der Waals surface area contributed by atoms with E-state index in [1.807, 2.05) is 6.07 Å². The van der Waals surface area contributed by atoms with E-state index < -0.39 is 41.6 Å².